The number of carbonyl (C=O) groups excluding carboxylic acids is 2. The van der Waals surface area contributed by atoms with Crippen LogP contribution < -0.4 is 4.90 Å². The predicted molar refractivity (Wildman–Crippen MR) is 118 cm³/mol. The first-order chi connectivity index (χ1) is 14.8. The van der Waals surface area contributed by atoms with Gasteiger partial charge in [-0.1, -0.05) is 6.92 Å². The number of furan rings is 1. The van der Waals surface area contributed by atoms with Crippen molar-refractivity contribution >= 4 is 44.7 Å². The van der Waals surface area contributed by atoms with E-state index in [0.717, 1.165) is 16.0 Å². The Kier molecular flexibility index (Phi) is 7.55. The molecular weight excluding hydrogens is 470 g/mol. The van der Waals surface area contributed by atoms with Gasteiger partial charge in [-0.15, -0.1) is 0 Å². The maximum absolute atomic E-state index is 13.2. The fourth-order valence-corrected chi connectivity index (χ4v) is 4.00. The Balaban J connectivity index is 2.23. The molecular formula is C21H28BrN3O6. The van der Waals surface area contributed by atoms with Crippen LogP contribution in [0.25, 0.3) is 11.1 Å². The van der Waals surface area contributed by atoms with Gasteiger partial charge in [0.15, 0.2) is 0 Å². The van der Waals surface area contributed by atoms with Gasteiger partial charge in [0.2, 0.25) is 11.5 Å². The molecule has 31 heavy (non-hydrogen) atoms. The van der Waals surface area contributed by atoms with Crippen LogP contribution in [-0.2, 0) is 14.3 Å². The Labute approximate surface area is 189 Å². The predicted octanol–water partition coefficient (Wildman–Crippen LogP) is 4.45. The van der Waals surface area contributed by atoms with Crippen LogP contribution in [0, 0.1) is 6.92 Å². The molecule has 0 aliphatic carbocycles. The molecule has 0 bridgehead atoms. The fraction of sp³-hybridized carbons (Fsp3) is 0.571. The minimum atomic E-state index is -0.544. The number of rotatable bonds is 6. The van der Waals surface area contributed by atoms with Crippen molar-refractivity contribution in [3.05, 3.63) is 22.0 Å². The largest absolute Gasteiger partial charge is 0.449 e. The number of nitrogens with zero attached hydrogens (tertiary/aromatic N) is 3. The van der Waals surface area contributed by atoms with E-state index in [0.29, 0.717) is 36.2 Å². The van der Waals surface area contributed by atoms with Crippen molar-refractivity contribution in [2.45, 2.75) is 52.2 Å². The third-order valence-electron chi connectivity index (χ3n) is 5.40. The van der Waals surface area contributed by atoms with Crippen LogP contribution in [0.3, 0.4) is 0 Å². The Morgan fingerprint density at radius 3 is 2.74 bits per heavy atom. The van der Waals surface area contributed by atoms with E-state index in [1.807, 2.05) is 19.9 Å². The van der Waals surface area contributed by atoms with Crippen LogP contribution in [0.15, 0.2) is 15.0 Å². The van der Waals surface area contributed by atoms with Gasteiger partial charge < -0.3 is 13.9 Å². The minimum Gasteiger partial charge on any atom is -0.449 e. The van der Waals surface area contributed by atoms with Crippen LogP contribution in [-0.4, -0.2) is 61.6 Å². The maximum Gasteiger partial charge on any atom is 0.414 e. The molecule has 1 aliphatic heterocycles. The zero-order valence-electron chi connectivity index (χ0n) is 18.4. The molecule has 170 valence electrons. The monoisotopic (exact) mass is 497 g/mol. The third-order valence-corrected chi connectivity index (χ3v) is 6.21. The highest BCUT2D eigenvalue weighted by atomic mass is 79.9. The number of aryl methyl sites for hydroxylation is 1. The second-order valence-corrected chi connectivity index (χ2v) is 8.18. The van der Waals surface area contributed by atoms with Gasteiger partial charge in [-0.2, -0.15) is 0 Å². The molecule has 2 amide bonds. The van der Waals surface area contributed by atoms with Gasteiger partial charge >= 0.3 is 12.0 Å². The number of fused-ring (bicyclic) bond motifs is 1. The smallest absolute Gasteiger partial charge is 0.414 e. The van der Waals surface area contributed by atoms with E-state index in [9.17, 15) is 9.59 Å². The lowest BCUT2D eigenvalue weighted by Gasteiger charge is -2.36. The summed E-state index contributed by atoms with van der Waals surface area (Å²) in [6.45, 7) is 6.32. The van der Waals surface area contributed by atoms with E-state index in [2.05, 4.69) is 20.9 Å². The topological polar surface area (TPSA) is 94.3 Å². The summed E-state index contributed by atoms with van der Waals surface area (Å²) >= 11 is 3.49. The Morgan fingerprint density at radius 1 is 1.35 bits per heavy atom. The van der Waals surface area contributed by atoms with Crippen molar-refractivity contribution in [2.24, 2.45) is 0 Å². The molecule has 0 saturated carbocycles. The molecule has 0 N–H and O–H groups in total. The Morgan fingerprint density at radius 2 is 2.10 bits per heavy atom. The van der Waals surface area contributed by atoms with E-state index < -0.39 is 12.0 Å². The highest BCUT2D eigenvalue weighted by molar-refractivity contribution is 9.10. The van der Waals surface area contributed by atoms with Crippen molar-refractivity contribution in [2.75, 3.05) is 32.3 Å². The zero-order chi connectivity index (χ0) is 22.7. The fourth-order valence-electron chi connectivity index (χ4n) is 3.68. The highest BCUT2D eigenvalue weighted by Crippen LogP contribution is 2.39. The number of anilines is 1. The minimum absolute atomic E-state index is 0.0155. The van der Waals surface area contributed by atoms with Gasteiger partial charge in [0.1, 0.15) is 5.69 Å². The van der Waals surface area contributed by atoms with Crippen molar-refractivity contribution in [1.82, 2.24) is 10.0 Å². The summed E-state index contributed by atoms with van der Waals surface area (Å²) in [5, 5.41) is 1.59. The molecule has 2 aromatic heterocycles. The summed E-state index contributed by atoms with van der Waals surface area (Å²) in [5.74, 6) is -0.561. The first kappa shape index (κ1) is 23.5. The number of pyridine rings is 1. The number of hydrogen-bond acceptors (Lipinski definition) is 7. The number of hydrogen-bond donors (Lipinski definition) is 0. The third kappa shape index (κ3) is 4.70. The molecule has 9 nitrogen and oxygen atoms in total. The molecule has 3 heterocycles. The average Bonchev–Trinajstić information content (AvgIpc) is 3.11. The van der Waals surface area contributed by atoms with Crippen LogP contribution in [0.1, 0.15) is 49.4 Å². The van der Waals surface area contributed by atoms with E-state index >= 15 is 0 Å². The number of carbonyl (C=O) groups is 2. The summed E-state index contributed by atoms with van der Waals surface area (Å²) in [4.78, 5) is 37.3. The number of halogens is 1. The summed E-state index contributed by atoms with van der Waals surface area (Å²) in [6, 6.07) is 1.58. The number of aromatic nitrogens is 1. The van der Waals surface area contributed by atoms with Gasteiger partial charge in [-0.05, 0) is 55.1 Å². The summed E-state index contributed by atoms with van der Waals surface area (Å²) in [5.41, 5.74) is 1.29. The first-order valence-corrected chi connectivity index (χ1v) is 11.1. The van der Waals surface area contributed by atoms with E-state index in [1.54, 1.807) is 6.92 Å². The molecule has 0 radical (unpaired) electrons. The molecule has 1 aliphatic rings. The highest BCUT2D eigenvalue weighted by Gasteiger charge is 2.38. The van der Waals surface area contributed by atoms with E-state index in [-0.39, 0.29) is 30.2 Å². The summed E-state index contributed by atoms with van der Waals surface area (Å²) in [7, 11) is 2.86. The lowest BCUT2D eigenvalue weighted by molar-refractivity contribution is -0.0772. The van der Waals surface area contributed by atoms with Crippen molar-refractivity contribution in [3.63, 3.8) is 0 Å². The molecule has 10 heteroatoms. The molecule has 1 fully saturated rings. The van der Waals surface area contributed by atoms with Crippen LogP contribution >= 0.6 is 15.9 Å². The quantitative estimate of drug-likeness (QED) is 0.543. The zero-order valence-corrected chi connectivity index (χ0v) is 20.0. The van der Waals surface area contributed by atoms with Gasteiger partial charge in [0, 0.05) is 24.2 Å². The first-order valence-electron chi connectivity index (χ1n) is 10.3. The van der Waals surface area contributed by atoms with E-state index in [1.165, 1.54) is 19.1 Å². The lowest BCUT2D eigenvalue weighted by atomic mass is 9.99. The number of ether oxygens (including phenoxy) is 2. The van der Waals surface area contributed by atoms with Crippen molar-refractivity contribution in [3.8, 4) is 0 Å². The number of amides is 2. The van der Waals surface area contributed by atoms with Gasteiger partial charge in [-0.25, -0.2) is 14.8 Å². The van der Waals surface area contributed by atoms with Crippen molar-refractivity contribution in [1.29, 1.82) is 0 Å². The molecule has 3 rings (SSSR count). The lowest BCUT2D eigenvalue weighted by Crippen LogP contribution is -2.46. The van der Waals surface area contributed by atoms with Crippen LogP contribution in [0.4, 0.5) is 10.5 Å². The summed E-state index contributed by atoms with van der Waals surface area (Å²) in [6.07, 6.45) is 1.52. The van der Waals surface area contributed by atoms with Crippen LogP contribution in [0.2, 0.25) is 0 Å². The SMILES string of the molecule is CCOC(=O)N(c1c(C(=O)N(C)OC)oc2nc(C)c(Br)cc12)C1CCOC(CC)C1. The second-order valence-electron chi connectivity index (χ2n) is 7.32. The summed E-state index contributed by atoms with van der Waals surface area (Å²) < 4.78 is 17.8. The average molecular weight is 498 g/mol. The second kappa shape index (κ2) is 9.97. The van der Waals surface area contributed by atoms with Gasteiger partial charge in [0.05, 0.1) is 30.9 Å². The molecule has 2 aromatic rings. The van der Waals surface area contributed by atoms with Crippen LogP contribution in [0.5, 0.6) is 0 Å². The molecule has 2 unspecified atom stereocenters. The standard InChI is InChI=1S/C21H28BrN3O6/c1-6-14-10-13(8-9-30-14)25(21(27)29-7-2)17-15-11-16(22)12(3)23-19(15)31-18(17)20(26)24(4)28-5/h11,13-14H,6-10H2,1-5H3. The Bertz CT molecular complexity index is 962. The molecule has 2 atom stereocenters. The van der Waals surface area contributed by atoms with Crippen molar-refractivity contribution < 1.29 is 28.3 Å². The normalized spacial score (nSPS) is 18.8. The molecule has 1 saturated heterocycles. The van der Waals surface area contributed by atoms with Gasteiger partial charge in [-0.3, -0.25) is 14.5 Å². The molecule has 0 spiro atoms. The van der Waals surface area contributed by atoms with Gasteiger partial charge in [0.25, 0.3) is 0 Å². The molecule has 0 aromatic carbocycles. The number of hydroxylamine groups is 2. The maximum atomic E-state index is 13.2. The Hall–Kier alpha value is -2.17. The van der Waals surface area contributed by atoms with E-state index in [4.69, 9.17) is 18.7 Å².